The Labute approximate surface area is 246 Å². The highest BCUT2D eigenvalue weighted by atomic mass is 19.4. The molecule has 0 radical (unpaired) electrons. The molecule has 2 aliphatic heterocycles. The molecular formula is C27H28F7N5O5. The number of hydrogen-bond donors (Lipinski definition) is 4. The molecule has 0 aliphatic carbocycles. The molecule has 0 spiro atoms. The maximum atomic E-state index is 14.7. The van der Waals surface area contributed by atoms with E-state index < -0.39 is 53.4 Å². The summed E-state index contributed by atoms with van der Waals surface area (Å²) in [7, 11) is 0. The summed E-state index contributed by atoms with van der Waals surface area (Å²) in [5.41, 5.74) is -6.14. The van der Waals surface area contributed by atoms with E-state index in [9.17, 15) is 50.2 Å². The van der Waals surface area contributed by atoms with E-state index >= 15 is 0 Å². The summed E-state index contributed by atoms with van der Waals surface area (Å²) in [6.07, 6.45) is -12.7. The molecular weight excluding hydrogens is 607 g/mol. The van der Waals surface area contributed by atoms with Crippen molar-refractivity contribution in [3.63, 3.8) is 0 Å². The van der Waals surface area contributed by atoms with Crippen LogP contribution < -0.4 is 10.6 Å². The first-order chi connectivity index (χ1) is 20.5. The molecule has 1 atom stereocenters. The first-order valence-electron chi connectivity index (χ1n) is 13.3. The Morgan fingerprint density at radius 2 is 1.48 bits per heavy atom. The van der Waals surface area contributed by atoms with Gasteiger partial charge in [-0.15, -0.1) is 0 Å². The standard InChI is InChI=1S/C27H28F7N5O5/c28-20-13-17(3-6-21(20)36-23(41)35-19-7-8-39(15-19)24(42)43)22(40)38-11-9-37(10-12-38)14-16-1-4-18(5-2-16)25(44,26(29,30)31)27(32,33)34/h1-6,13,19,44H,7-12,14-15H2,(H,42,43)(H2,35,36,41). The average molecular weight is 636 g/mol. The smallest absolute Gasteiger partial charge is 0.430 e. The van der Waals surface area contributed by atoms with E-state index in [0.717, 1.165) is 23.1 Å². The number of likely N-dealkylation sites (tertiary alicyclic amines) is 1. The van der Waals surface area contributed by atoms with Crippen molar-refractivity contribution < 1.29 is 55.3 Å². The van der Waals surface area contributed by atoms with Crippen LogP contribution in [0.25, 0.3) is 0 Å². The minimum absolute atomic E-state index is 0.0206. The number of piperazine rings is 1. The summed E-state index contributed by atoms with van der Waals surface area (Å²) in [6, 6.07) is 5.64. The van der Waals surface area contributed by atoms with E-state index in [1.165, 1.54) is 17.0 Å². The SMILES string of the molecule is O=C(Nc1ccc(C(=O)N2CCN(Cc3ccc(C(O)(C(F)(F)F)C(F)(F)F)cc3)CC2)cc1F)NC1CCN(C(=O)O)C1. The van der Waals surface area contributed by atoms with Crippen LogP contribution in [0.3, 0.4) is 0 Å². The molecule has 44 heavy (non-hydrogen) atoms. The van der Waals surface area contributed by atoms with Gasteiger partial charge in [-0.1, -0.05) is 24.3 Å². The monoisotopic (exact) mass is 635 g/mol. The molecule has 2 saturated heterocycles. The number of carboxylic acid groups (broad SMARTS) is 1. The summed E-state index contributed by atoms with van der Waals surface area (Å²) < 4.78 is 93.4. The molecule has 4 rings (SSSR count). The van der Waals surface area contributed by atoms with Crippen LogP contribution in [-0.4, -0.2) is 101 Å². The van der Waals surface area contributed by atoms with Gasteiger partial charge in [0.2, 0.25) is 0 Å². The Morgan fingerprint density at radius 1 is 0.864 bits per heavy atom. The van der Waals surface area contributed by atoms with Crippen molar-refractivity contribution in [2.24, 2.45) is 0 Å². The van der Waals surface area contributed by atoms with E-state index in [4.69, 9.17) is 5.11 Å². The Morgan fingerprint density at radius 3 is 2.00 bits per heavy atom. The fraction of sp³-hybridized carbons (Fsp3) is 0.444. The summed E-state index contributed by atoms with van der Waals surface area (Å²) in [6.45, 7) is 1.55. The number of hydrogen-bond acceptors (Lipinski definition) is 5. The molecule has 4 amide bonds. The number of benzene rings is 2. The highest BCUT2D eigenvalue weighted by molar-refractivity contribution is 5.96. The van der Waals surface area contributed by atoms with E-state index in [0.29, 0.717) is 37.2 Å². The number of alkyl halides is 6. The lowest BCUT2D eigenvalue weighted by Gasteiger charge is -2.35. The summed E-state index contributed by atoms with van der Waals surface area (Å²) in [5.74, 6) is -1.35. The molecule has 2 aromatic carbocycles. The summed E-state index contributed by atoms with van der Waals surface area (Å²) >= 11 is 0. The molecule has 0 bridgehead atoms. The van der Waals surface area contributed by atoms with Crippen molar-refractivity contribution in [1.82, 2.24) is 20.0 Å². The van der Waals surface area contributed by atoms with Crippen molar-refractivity contribution >= 4 is 23.7 Å². The third-order valence-corrected chi connectivity index (χ3v) is 7.52. The lowest BCUT2D eigenvalue weighted by Crippen LogP contribution is -2.53. The average Bonchev–Trinajstić information content (AvgIpc) is 3.42. The van der Waals surface area contributed by atoms with E-state index in [1.54, 1.807) is 0 Å². The zero-order chi connectivity index (χ0) is 32.4. The van der Waals surface area contributed by atoms with Gasteiger partial charge >= 0.3 is 24.5 Å². The van der Waals surface area contributed by atoms with Gasteiger partial charge in [-0.3, -0.25) is 9.69 Å². The van der Waals surface area contributed by atoms with Crippen LogP contribution in [0.1, 0.15) is 27.9 Å². The van der Waals surface area contributed by atoms with Crippen LogP contribution in [0.5, 0.6) is 0 Å². The van der Waals surface area contributed by atoms with Crippen molar-refractivity contribution in [2.75, 3.05) is 44.6 Å². The largest absolute Gasteiger partial charge is 0.465 e. The minimum Gasteiger partial charge on any atom is -0.465 e. The van der Waals surface area contributed by atoms with Gasteiger partial charge in [0.15, 0.2) is 0 Å². The lowest BCUT2D eigenvalue weighted by molar-refractivity contribution is -0.376. The fourth-order valence-corrected chi connectivity index (χ4v) is 5.03. The number of carbonyl (C=O) groups is 3. The van der Waals surface area contributed by atoms with Crippen molar-refractivity contribution in [3.05, 3.63) is 65.0 Å². The highest BCUT2D eigenvalue weighted by Gasteiger charge is 2.71. The topological polar surface area (TPSA) is 125 Å². The van der Waals surface area contributed by atoms with Crippen LogP contribution in [0, 0.1) is 5.82 Å². The number of halogens is 7. The number of anilines is 1. The predicted octanol–water partition coefficient (Wildman–Crippen LogP) is 3.97. The zero-order valence-corrected chi connectivity index (χ0v) is 22.9. The molecule has 17 heteroatoms. The van der Waals surface area contributed by atoms with Crippen molar-refractivity contribution in [3.8, 4) is 0 Å². The van der Waals surface area contributed by atoms with Crippen LogP contribution in [0.4, 0.5) is 46.0 Å². The van der Waals surface area contributed by atoms with E-state index in [1.807, 2.05) is 4.90 Å². The van der Waals surface area contributed by atoms with Crippen LogP contribution >= 0.6 is 0 Å². The maximum Gasteiger partial charge on any atom is 0.430 e. The second-order valence-corrected chi connectivity index (χ2v) is 10.5. The van der Waals surface area contributed by atoms with Crippen molar-refractivity contribution in [1.29, 1.82) is 0 Å². The molecule has 0 saturated carbocycles. The summed E-state index contributed by atoms with van der Waals surface area (Å²) in [5, 5.41) is 23.4. The third kappa shape index (κ3) is 6.99. The van der Waals surface area contributed by atoms with E-state index in [2.05, 4.69) is 10.6 Å². The Hall–Kier alpha value is -4.12. The van der Waals surface area contributed by atoms with Gasteiger partial charge in [-0.05, 0) is 30.2 Å². The lowest BCUT2D eigenvalue weighted by atomic mass is 9.91. The quantitative estimate of drug-likeness (QED) is 0.356. The van der Waals surface area contributed by atoms with Gasteiger partial charge in [-0.25, -0.2) is 14.0 Å². The number of nitrogens with zero attached hydrogens (tertiary/aromatic N) is 3. The van der Waals surface area contributed by atoms with Crippen molar-refractivity contribution in [2.45, 2.75) is 37.0 Å². The molecule has 2 heterocycles. The number of amides is 4. The Bertz CT molecular complexity index is 1360. The molecule has 240 valence electrons. The number of urea groups is 1. The fourth-order valence-electron chi connectivity index (χ4n) is 5.03. The third-order valence-electron chi connectivity index (χ3n) is 7.52. The first kappa shape index (κ1) is 32.8. The molecule has 10 nitrogen and oxygen atoms in total. The molecule has 4 N–H and O–H groups in total. The molecule has 0 aromatic heterocycles. The number of carbonyl (C=O) groups excluding carboxylic acids is 2. The highest BCUT2D eigenvalue weighted by Crippen LogP contribution is 2.50. The number of nitrogens with one attached hydrogen (secondary N) is 2. The molecule has 2 fully saturated rings. The van der Waals surface area contributed by atoms with Gasteiger partial charge in [0.05, 0.1) is 5.69 Å². The number of aliphatic hydroxyl groups is 1. The normalized spacial score (nSPS) is 18.3. The van der Waals surface area contributed by atoms with Gasteiger partial charge in [0.25, 0.3) is 11.5 Å². The van der Waals surface area contributed by atoms with Gasteiger partial charge in [0.1, 0.15) is 5.82 Å². The summed E-state index contributed by atoms with van der Waals surface area (Å²) in [4.78, 5) is 40.6. The molecule has 1 unspecified atom stereocenters. The predicted molar refractivity (Wildman–Crippen MR) is 140 cm³/mol. The Balaban J connectivity index is 1.29. The van der Waals surface area contributed by atoms with Gasteiger partial charge < -0.3 is 30.6 Å². The van der Waals surface area contributed by atoms with Crippen LogP contribution in [0.2, 0.25) is 0 Å². The maximum absolute atomic E-state index is 14.7. The second kappa shape index (κ2) is 12.5. The van der Waals surface area contributed by atoms with Gasteiger partial charge in [0, 0.05) is 63.0 Å². The van der Waals surface area contributed by atoms with E-state index in [-0.39, 0.29) is 44.0 Å². The van der Waals surface area contributed by atoms with Crippen LogP contribution in [0.15, 0.2) is 42.5 Å². The first-order valence-corrected chi connectivity index (χ1v) is 13.3. The Kier molecular flexibility index (Phi) is 9.29. The molecule has 2 aliphatic rings. The zero-order valence-electron chi connectivity index (χ0n) is 22.9. The molecule has 2 aromatic rings. The second-order valence-electron chi connectivity index (χ2n) is 10.5. The minimum atomic E-state index is -5.98. The van der Waals surface area contributed by atoms with Gasteiger partial charge in [-0.2, -0.15) is 26.3 Å². The number of rotatable bonds is 6. The van der Waals surface area contributed by atoms with Crippen LogP contribution in [-0.2, 0) is 12.1 Å².